The fourth-order valence-electron chi connectivity index (χ4n) is 5.76. The molecule has 6 rings (SSSR count). The van der Waals surface area contributed by atoms with Crippen LogP contribution in [0, 0.1) is 5.82 Å². The van der Waals surface area contributed by atoms with E-state index >= 15 is 0 Å². The summed E-state index contributed by atoms with van der Waals surface area (Å²) in [5.74, 6) is -2.06. The minimum atomic E-state index is -1.40. The van der Waals surface area contributed by atoms with E-state index in [1.54, 1.807) is 72.4 Å². The number of anilines is 2. The van der Waals surface area contributed by atoms with Crippen LogP contribution in [0.2, 0.25) is 0 Å². The number of aliphatic hydroxyl groups excluding tert-OH is 1. The molecule has 4 heterocycles. The molecule has 14 heteroatoms. The van der Waals surface area contributed by atoms with E-state index in [4.69, 9.17) is 5.73 Å². The highest BCUT2D eigenvalue weighted by atomic mass is 19.1. The van der Waals surface area contributed by atoms with E-state index in [0.29, 0.717) is 39.8 Å². The molecule has 3 aromatic heterocycles. The van der Waals surface area contributed by atoms with Crippen molar-refractivity contribution in [3.8, 4) is 11.5 Å². The van der Waals surface area contributed by atoms with Crippen molar-refractivity contribution in [2.24, 2.45) is 0 Å². The maximum atomic E-state index is 14.5. The van der Waals surface area contributed by atoms with Crippen molar-refractivity contribution in [1.82, 2.24) is 30.0 Å². The number of fused-ring (bicyclic) bond motifs is 2. The van der Waals surface area contributed by atoms with Gasteiger partial charge in [-0.2, -0.15) is 5.10 Å². The lowest BCUT2D eigenvalue weighted by molar-refractivity contribution is -0.144. The third-order valence-electron chi connectivity index (χ3n) is 8.36. The number of aliphatic hydroxyl groups is 1. The number of nitrogens with one attached hydrogen (secondary N) is 2. The van der Waals surface area contributed by atoms with Gasteiger partial charge in [0.05, 0.1) is 23.6 Å². The van der Waals surface area contributed by atoms with Gasteiger partial charge in [-0.1, -0.05) is 42.5 Å². The molecular weight excluding hydrogens is 607 g/mol. The summed E-state index contributed by atoms with van der Waals surface area (Å²) in [5.41, 5.74) is 8.41. The molecule has 1 aliphatic rings. The number of amides is 2. The number of nitrogens with two attached hydrogens (primary N) is 1. The van der Waals surface area contributed by atoms with Gasteiger partial charge in [0.25, 0.3) is 0 Å². The van der Waals surface area contributed by atoms with Gasteiger partial charge >= 0.3 is 5.97 Å². The quantitative estimate of drug-likeness (QED) is 0.152. The van der Waals surface area contributed by atoms with Crippen molar-refractivity contribution < 1.29 is 29.0 Å². The summed E-state index contributed by atoms with van der Waals surface area (Å²) in [7, 11) is 0. The highest BCUT2D eigenvalue weighted by Crippen LogP contribution is 2.45. The number of carbonyl (C=O) groups is 3. The number of benzene rings is 2. The number of hydrogen-bond donors (Lipinski definition) is 5. The Bertz CT molecular complexity index is 2030. The molecule has 0 fully saturated rings. The maximum absolute atomic E-state index is 14.5. The summed E-state index contributed by atoms with van der Waals surface area (Å²) in [6.07, 6.45) is 0.671. The number of carboxylic acid groups (broad SMARTS) is 1. The molecule has 2 amide bonds. The molecule has 0 unspecified atom stereocenters. The van der Waals surface area contributed by atoms with E-state index < -0.39 is 29.4 Å². The predicted octanol–water partition coefficient (Wildman–Crippen LogP) is 2.80. The van der Waals surface area contributed by atoms with Crippen molar-refractivity contribution >= 4 is 40.5 Å². The molecule has 13 nitrogen and oxygen atoms in total. The lowest BCUT2D eigenvalue weighted by Crippen LogP contribution is -2.47. The second-order valence-electron chi connectivity index (χ2n) is 11.5. The second kappa shape index (κ2) is 12.2. The normalized spacial score (nSPS) is 16.8. The molecule has 240 valence electrons. The van der Waals surface area contributed by atoms with E-state index in [9.17, 15) is 29.0 Å². The monoisotopic (exact) mass is 638 g/mol. The first-order valence-corrected chi connectivity index (χ1v) is 14.8. The number of pyridine rings is 1. The summed E-state index contributed by atoms with van der Waals surface area (Å²) >= 11 is 0. The molecule has 0 aliphatic carbocycles. The average Bonchev–Trinajstić information content (AvgIpc) is 3.54. The molecule has 5 aromatic rings. The van der Waals surface area contributed by atoms with Gasteiger partial charge in [0.2, 0.25) is 11.8 Å². The largest absolute Gasteiger partial charge is 0.480 e. The number of carboxylic acids is 1. The topological polar surface area (TPSA) is 198 Å². The van der Waals surface area contributed by atoms with Crippen molar-refractivity contribution in [3.05, 3.63) is 94.9 Å². The van der Waals surface area contributed by atoms with Gasteiger partial charge in [-0.15, -0.1) is 0 Å². The molecule has 1 aliphatic heterocycles. The first-order valence-electron chi connectivity index (χ1n) is 14.8. The Morgan fingerprint density at radius 1 is 1.11 bits per heavy atom. The third kappa shape index (κ3) is 5.74. The lowest BCUT2D eigenvalue weighted by Gasteiger charge is -2.23. The summed E-state index contributed by atoms with van der Waals surface area (Å²) < 4.78 is 16.0. The highest BCUT2D eigenvalue weighted by molar-refractivity contribution is 6.09. The van der Waals surface area contributed by atoms with Crippen LogP contribution in [-0.2, 0) is 32.8 Å². The first kappa shape index (κ1) is 31.2. The SMILES string of the molecule is C[C@H](O)[C@@H](NC(=O)CCc1ccc([C@@]2(C)C(=O)Nc3nc(-c4nn(Cc5ccccc5F)c5ncccc45)nc(N)c32)cc1)C(=O)O. The number of halogens is 1. The molecule has 0 radical (unpaired) electrons. The number of aromatic nitrogens is 5. The van der Waals surface area contributed by atoms with Crippen LogP contribution in [0.15, 0.2) is 66.9 Å². The zero-order valence-electron chi connectivity index (χ0n) is 25.4. The van der Waals surface area contributed by atoms with Gasteiger partial charge in [0.15, 0.2) is 17.5 Å². The summed E-state index contributed by atoms with van der Waals surface area (Å²) in [5, 5.41) is 29.2. The Hall–Kier alpha value is -5.76. The van der Waals surface area contributed by atoms with E-state index in [1.807, 2.05) is 0 Å². The molecule has 2 aromatic carbocycles. The van der Waals surface area contributed by atoms with Crippen molar-refractivity contribution in [3.63, 3.8) is 0 Å². The van der Waals surface area contributed by atoms with E-state index in [0.717, 1.165) is 5.56 Å². The Morgan fingerprint density at radius 3 is 2.55 bits per heavy atom. The average molecular weight is 639 g/mol. The molecule has 3 atom stereocenters. The first-order chi connectivity index (χ1) is 22.5. The molecule has 6 N–H and O–H groups in total. The van der Waals surface area contributed by atoms with Crippen molar-refractivity contribution in [2.45, 2.75) is 50.8 Å². The summed E-state index contributed by atoms with van der Waals surface area (Å²) in [4.78, 5) is 50.7. The Balaban J connectivity index is 1.26. The molecule has 0 saturated heterocycles. The number of nitrogen functional groups attached to an aromatic ring is 1. The fourth-order valence-corrected chi connectivity index (χ4v) is 5.76. The van der Waals surface area contributed by atoms with Crippen LogP contribution in [0.25, 0.3) is 22.6 Å². The molecular formula is C33H31FN8O5. The number of aryl methyl sites for hydroxylation is 1. The van der Waals surface area contributed by atoms with Crippen molar-refractivity contribution in [1.29, 1.82) is 0 Å². The van der Waals surface area contributed by atoms with Crippen LogP contribution < -0.4 is 16.4 Å². The minimum absolute atomic E-state index is 0.000250. The fraction of sp³-hybridized carbons (Fsp3) is 0.242. The van der Waals surface area contributed by atoms with E-state index in [2.05, 4.69) is 30.7 Å². The zero-order valence-corrected chi connectivity index (χ0v) is 25.4. The number of rotatable bonds is 10. The van der Waals surface area contributed by atoms with Gasteiger partial charge in [0, 0.05) is 18.2 Å². The predicted molar refractivity (Wildman–Crippen MR) is 170 cm³/mol. The summed E-state index contributed by atoms with van der Waals surface area (Å²) in [6, 6.07) is 15.6. The van der Waals surface area contributed by atoms with Crippen LogP contribution in [0.1, 0.15) is 42.5 Å². The number of carbonyl (C=O) groups excluding carboxylic acids is 2. The van der Waals surface area contributed by atoms with E-state index in [1.165, 1.54) is 13.0 Å². The molecule has 47 heavy (non-hydrogen) atoms. The summed E-state index contributed by atoms with van der Waals surface area (Å²) in [6.45, 7) is 3.14. The number of aliphatic carboxylic acids is 1. The van der Waals surface area contributed by atoms with Gasteiger partial charge in [-0.05, 0) is 49.6 Å². The van der Waals surface area contributed by atoms with Gasteiger partial charge in [-0.25, -0.2) is 28.8 Å². The van der Waals surface area contributed by atoms with Gasteiger partial charge in [0.1, 0.15) is 28.6 Å². The maximum Gasteiger partial charge on any atom is 0.328 e. The minimum Gasteiger partial charge on any atom is -0.480 e. The van der Waals surface area contributed by atoms with E-state index in [-0.39, 0.29) is 42.2 Å². The number of nitrogens with zero attached hydrogens (tertiary/aromatic N) is 5. The standard InChI is InChI=1S/C33H31FN8O5/c1-17(43)25(31(45)46)37-23(44)14-11-18-9-12-20(13-10-18)33(2)24-27(35)38-29(39-28(24)40-32(33)47)26-21-7-5-15-36-30(21)42(41-26)16-19-6-3-4-8-22(19)34/h3-10,12-13,15,17,25,43H,11,14,16H2,1-2H3,(H,37,44)(H,45,46)(H3,35,38,39,40,47)/t17-,25+,33+/m0/s1. The number of hydrogen-bond acceptors (Lipinski definition) is 9. The van der Waals surface area contributed by atoms with Gasteiger partial charge < -0.3 is 26.6 Å². The molecule has 0 bridgehead atoms. The Kier molecular flexibility index (Phi) is 8.11. The Morgan fingerprint density at radius 2 is 1.85 bits per heavy atom. The zero-order chi connectivity index (χ0) is 33.5. The highest BCUT2D eigenvalue weighted by Gasteiger charge is 2.47. The van der Waals surface area contributed by atoms with Crippen LogP contribution in [-0.4, -0.2) is 64.9 Å². The Labute approximate surface area is 267 Å². The van der Waals surface area contributed by atoms with Gasteiger partial charge in [-0.3, -0.25) is 9.59 Å². The van der Waals surface area contributed by atoms with Crippen LogP contribution in [0.5, 0.6) is 0 Å². The lowest BCUT2D eigenvalue weighted by atomic mass is 9.77. The molecule has 0 spiro atoms. The van der Waals surface area contributed by atoms with Crippen LogP contribution in [0.4, 0.5) is 16.0 Å². The smallest absolute Gasteiger partial charge is 0.328 e. The second-order valence-corrected chi connectivity index (χ2v) is 11.5. The third-order valence-corrected chi connectivity index (χ3v) is 8.36. The molecule has 0 saturated carbocycles. The van der Waals surface area contributed by atoms with Crippen LogP contribution >= 0.6 is 0 Å². The van der Waals surface area contributed by atoms with Crippen molar-refractivity contribution in [2.75, 3.05) is 11.1 Å². The van der Waals surface area contributed by atoms with Crippen LogP contribution in [0.3, 0.4) is 0 Å².